The van der Waals surface area contributed by atoms with Gasteiger partial charge in [0.1, 0.15) is 17.5 Å². The maximum absolute atomic E-state index is 15.1. The highest BCUT2D eigenvalue weighted by Crippen LogP contribution is 2.31. The Morgan fingerprint density at radius 3 is 2.05 bits per heavy atom. The second kappa shape index (κ2) is 10.8. The monoisotopic (exact) mass is 548 g/mol. The highest BCUT2D eigenvalue weighted by molar-refractivity contribution is 7.90. The third-order valence-corrected chi connectivity index (χ3v) is 7.78. The quantitative estimate of drug-likeness (QED) is 0.226. The summed E-state index contributed by atoms with van der Waals surface area (Å²) in [7, 11) is -4.35. The van der Waals surface area contributed by atoms with Crippen LogP contribution in [0.25, 0.3) is 27.9 Å². The molecular formula is C29H23F3N4O2S. The third kappa shape index (κ3) is 5.46. The fourth-order valence-electron chi connectivity index (χ4n) is 4.34. The number of aryl methyl sites for hydroxylation is 1. The topological polar surface area (TPSA) is 77.7 Å². The van der Waals surface area contributed by atoms with Crippen molar-refractivity contribution in [3.8, 4) is 27.9 Å². The van der Waals surface area contributed by atoms with Gasteiger partial charge in [0.15, 0.2) is 0 Å². The molecule has 0 atom stereocenters. The predicted molar refractivity (Wildman–Crippen MR) is 141 cm³/mol. The summed E-state index contributed by atoms with van der Waals surface area (Å²) in [5, 5.41) is 10.1. The molecule has 1 heterocycles. The summed E-state index contributed by atoms with van der Waals surface area (Å²) in [5.74, 6) is -3.93. The van der Waals surface area contributed by atoms with Crippen molar-refractivity contribution in [1.82, 2.24) is 20.2 Å². The first-order valence-electron chi connectivity index (χ1n) is 12.2. The SMILES string of the molecule is CCCc1ccc(-c2ccc(-c3cc(F)c(CS(=O)(=O)c4nnnn4-c4ccccc4)c(F)c3)c(F)c2)cc1. The van der Waals surface area contributed by atoms with Gasteiger partial charge in [-0.3, -0.25) is 0 Å². The largest absolute Gasteiger partial charge is 0.272 e. The van der Waals surface area contributed by atoms with Crippen molar-refractivity contribution in [3.05, 3.63) is 114 Å². The molecule has 0 saturated heterocycles. The molecule has 0 N–H and O–H groups in total. The summed E-state index contributed by atoms with van der Waals surface area (Å²) >= 11 is 0. The molecule has 198 valence electrons. The minimum Gasteiger partial charge on any atom is -0.220 e. The number of hydrogen-bond acceptors (Lipinski definition) is 5. The van der Waals surface area contributed by atoms with Crippen molar-refractivity contribution in [2.75, 3.05) is 0 Å². The molecule has 0 unspecified atom stereocenters. The summed E-state index contributed by atoms with van der Waals surface area (Å²) in [5.41, 5.74) is 2.24. The van der Waals surface area contributed by atoms with Crippen LogP contribution in [0.2, 0.25) is 0 Å². The molecule has 0 aliphatic rings. The van der Waals surface area contributed by atoms with Crippen molar-refractivity contribution in [3.63, 3.8) is 0 Å². The lowest BCUT2D eigenvalue weighted by molar-refractivity contribution is 0.551. The molecule has 0 saturated carbocycles. The molecule has 0 fully saturated rings. The maximum atomic E-state index is 15.1. The van der Waals surface area contributed by atoms with E-state index >= 15 is 13.2 Å². The van der Waals surface area contributed by atoms with E-state index in [2.05, 4.69) is 22.4 Å². The van der Waals surface area contributed by atoms with Gasteiger partial charge >= 0.3 is 0 Å². The van der Waals surface area contributed by atoms with Crippen molar-refractivity contribution in [1.29, 1.82) is 0 Å². The zero-order valence-electron chi connectivity index (χ0n) is 20.9. The first kappa shape index (κ1) is 26.3. The van der Waals surface area contributed by atoms with Gasteiger partial charge in [0.05, 0.1) is 11.4 Å². The highest BCUT2D eigenvalue weighted by atomic mass is 32.2. The normalized spacial score (nSPS) is 11.6. The van der Waals surface area contributed by atoms with Gasteiger partial charge in [-0.1, -0.05) is 73.0 Å². The van der Waals surface area contributed by atoms with E-state index in [0.717, 1.165) is 35.2 Å². The number of tetrazole rings is 1. The molecule has 39 heavy (non-hydrogen) atoms. The highest BCUT2D eigenvalue weighted by Gasteiger charge is 2.28. The van der Waals surface area contributed by atoms with Crippen LogP contribution in [0, 0.1) is 17.5 Å². The molecule has 10 heteroatoms. The lowest BCUT2D eigenvalue weighted by Crippen LogP contribution is -2.14. The Morgan fingerprint density at radius 1 is 0.769 bits per heavy atom. The number of benzene rings is 4. The summed E-state index contributed by atoms with van der Waals surface area (Å²) in [6, 6.07) is 22.3. The van der Waals surface area contributed by atoms with Gasteiger partial charge < -0.3 is 0 Å². The summed E-state index contributed by atoms with van der Waals surface area (Å²) in [6.45, 7) is 2.09. The molecule has 4 aromatic carbocycles. The molecule has 0 amide bonds. The van der Waals surface area contributed by atoms with E-state index in [4.69, 9.17) is 0 Å². The predicted octanol–water partition coefficient (Wildman–Crippen LogP) is 6.34. The van der Waals surface area contributed by atoms with E-state index in [0.29, 0.717) is 11.3 Å². The van der Waals surface area contributed by atoms with Gasteiger partial charge in [0.25, 0.3) is 5.16 Å². The number of halogens is 3. The Morgan fingerprint density at radius 2 is 1.41 bits per heavy atom. The molecular weight excluding hydrogens is 525 g/mol. The molecule has 0 radical (unpaired) electrons. The number of hydrogen-bond donors (Lipinski definition) is 0. The zero-order chi connectivity index (χ0) is 27.6. The molecule has 5 rings (SSSR count). The molecule has 0 aliphatic heterocycles. The number of nitrogens with zero attached hydrogens (tertiary/aromatic N) is 4. The lowest BCUT2D eigenvalue weighted by atomic mass is 9.97. The number of aromatic nitrogens is 4. The van der Waals surface area contributed by atoms with Crippen molar-refractivity contribution >= 4 is 9.84 Å². The third-order valence-electron chi connectivity index (χ3n) is 6.30. The van der Waals surface area contributed by atoms with Gasteiger partial charge in [-0.15, -0.1) is 0 Å². The van der Waals surface area contributed by atoms with E-state index in [1.54, 1.807) is 36.4 Å². The Labute approximate surface area is 223 Å². The minimum atomic E-state index is -4.35. The van der Waals surface area contributed by atoms with Crippen LogP contribution in [0.1, 0.15) is 24.5 Å². The summed E-state index contributed by atoms with van der Waals surface area (Å²) in [4.78, 5) is 0. The standard InChI is InChI=1S/C29H23F3N4O2S/c1-2-6-19-9-11-20(12-10-19)21-13-14-24(26(30)15-21)22-16-27(31)25(28(32)17-22)18-39(37,38)29-33-34-35-36(29)23-7-4-3-5-8-23/h3-5,7-17H,2,6,18H2,1H3. The van der Waals surface area contributed by atoms with E-state index in [1.807, 2.05) is 24.3 Å². The zero-order valence-corrected chi connectivity index (χ0v) is 21.7. The van der Waals surface area contributed by atoms with Crippen LogP contribution >= 0.6 is 0 Å². The van der Waals surface area contributed by atoms with Gasteiger partial charge in [-0.25, -0.2) is 21.6 Å². The van der Waals surface area contributed by atoms with Crippen LogP contribution < -0.4 is 0 Å². The molecule has 0 aliphatic carbocycles. The minimum absolute atomic E-state index is 0.0124. The lowest BCUT2D eigenvalue weighted by Gasteiger charge is -2.11. The second-order valence-corrected chi connectivity index (χ2v) is 10.9. The van der Waals surface area contributed by atoms with Crippen molar-refractivity contribution in [2.24, 2.45) is 0 Å². The average Bonchev–Trinajstić information content (AvgIpc) is 3.43. The van der Waals surface area contributed by atoms with Crippen LogP contribution in [-0.4, -0.2) is 28.6 Å². The Kier molecular flexibility index (Phi) is 7.30. The van der Waals surface area contributed by atoms with E-state index in [9.17, 15) is 8.42 Å². The van der Waals surface area contributed by atoms with Gasteiger partial charge in [-0.05, 0) is 69.4 Å². The fraction of sp³-hybridized carbons (Fsp3) is 0.138. The van der Waals surface area contributed by atoms with Crippen LogP contribution in [0.15, 0.2) is 90.1 Å². The van der Waals surface area contributed by atoms with Crippen LogP contribution in [0.4, 0.5) is 13.2 Å². The van der Waals surface area contributed by atoms with Crippen molar-refractivity contribution in [2.45, 2.75) is 30.7 Å². The number of para-hydroxylation sites is 1. The Bertz CT molecular complexity index is 1720. The van der Waals surface area contributed by atoms with Gasteiger partial charge in [-0.2, -0.15) is 4.68 Å². The van der Waals surface area contributed by atoms with Gasteiger partial charge in [0, 0.05) is 11.1 Å². The Balaban J connectivity index is 1.42. The summed E-state index contributed by atoms with van der Waals surface area (Å²) < 4.78 is 72.3. The first-order chi connectivity index (χ1) is 18.8. The maximum Gasteiger partial charge on any atom is 0.272 e. The number of sulfone groups is 1. The van der Waals surface area contributed by atoms with Crippen LogP contribution in [0.5, 0.6) is 0 Å². The molecule has 1 aromatic heterocycles. The van der Waals surface area contributed by atoms with Crippen LogP contribution in [0.3, 0.4) is 0 Å². The van der Waals surface area contributed by atoms with Crippen LogP contribution in [-0.2, 0) is 22.0 Å². The van der Waals surface area contributed by atoms with Crippen molar-refractivity contribution < 1.29 is 21.6 Å². The van der Waals surface area contributed by atoms with E-state index in [-0.39, 0.29) is 11.1 Å². The van der Waals surface area contributed by atoms with Gasteiger partial charge in [0.2, 0.25) is 9.84 Å². The average molecular weight is 549 g/mol. The van der Waals surface area contributed by atoms with E-state index < -0.39 is 43.8 Å². The molecule has 0 spiro atoms. The first-order valence-corrected chi connectivity index (χ1v) is 13.9. The molecule has 0 bridgehead atoms. The summed E-state index contributed by atoms with van der Waals surface area (Å²) in [6.07, 6.45) is 1.97. The second-order valence-electron chi connectivity index (χ2n) is 9.03. The molecule has 5 aromatic rings. The smallest absolute Gasteiger partial charge is 0.220 e. The van der Waals surface area contributed by atoms with E-state index in [1.165, 1.54) is 17.7 Å². The number of rotatable bonds is 8. The molecule has 6 nitrogen and oxygen atoms in total. The Hall–Kier alpha value is -4.31. The fourth-order valence-corrected chi connectivity index (χ4v) is 5.69.